The van der Waals surface area contributed by atoms with Crippen molar-refractivity contribution in [3.63, 3.8) is 0 Å². The highest BCUT2D eigenvalue weighted by Crippen LogP contribution is 2.36. The molecule has 1 aromatic rings. The van der Waals surface area contributed by atoms with Crippen LogP contribution in [-0.4, -0.2) is 41.1 Å². The third-order valence-electron chi connectivity index (χ3n) is 4.62. The largest absolute Gasteiger partial charge is 0.591 e. The lowest BCUT2D eigenvalue weighted by molar-refractivity contribution is 0.250. The van der Waals surface area contributed by atoms with E-state index in [1.165, 1.54) is 0 Å². The van der Waals surface area contributed by atoms with Crippen molar-refractivity contribution in [2.45, 2.75) is 77.0 Å². The Morgan fingerprint density at radius 3 is 2.37 bits per heavy atom. The van der Waals surface area contributed by atoms with Crippen molar-refractivity contribution in [1.29, 1.82) is 0 Å². The Kier molecular flexibility index (Phi) is 8.69. The second kappa shape index (κ2) is 9.48. The molecule has 0 spiro atoms. The summed E-state index contributed by atoms with van der Waals surface area (Å²) in [6, 6.07) is 5.21. The van der Waals surface area contributed by atoms with Crippen LogP contribution in [0.3, 0.4) is 0 Å². The second-order valence-electron chi connectivity index (χ2n) is 9.05. The Hall–Kier alpha value is -0.283. The molecule has 154 valence electrons. The van der Waals surface area contributed by atoms with Gasteiger partial charge in [-0.25, -0.2) is 9.37 Å². The quantitative estimate of drug-likeness (QED) is 0.214. The molecule has 1 rings (SSSR count). The molecular weight excluding hydrogens is 447 g/mol. The van der Waals surface area contributed by atoms with E-state index in [9.17, 15) is 4.55 Å². The highest BCUT2D eigenvalue weighted by molar-refractivity contribution is 9.10. The van der Waals surface area contributed by atoms with E-state index >= 15 is 4.39 Å². The standard InChI is InChI=1S/C19H32BrFN2O2SSi/c1-18(2,3)26(24)23-17(15-10-9-11-16(20)22-15)14(21)12-13-25-27(7,8)19(4,5)6/h9-11,14H,12-13H2,1-8H3/b23-17-/t14?,26-/m1/s1. The highest BCUT2D eigenvalue weighted by Gasteiger charge is 2.37. The Morgan fingerprint density at radius 2 is 1.89 bits per heavy atom. The summed E-state index contributed by atoms with van der Waals surface area (Å²) in [5.74, 6) is 0. The third-order valence-corrected chi connectivity index (χ3v) is 11.0. The van der Waals surface area contributed by atoms with Crippen LogP contribution in [-0.2, 0) is 15.8 Å². The minimum atomic E-state index is -1.95. The van der Waals surface area contributed by atoms with E-state index in [2.05, 4.69) is 59.2 Å². The minimum absolute atomic E-state index is 0.0648. The van der Waals surface area contributed by atoms with Crippen LogP contribution in [0.1, 0.15) is 53.7 Å². The molecular formula is C19H32BrFN2O2SSi. The molecule has 0 aliphatic rings. The van der Waals surface area contributed by atoms with Crippen LogP contribution in [0.2, 0.25) is 18.1 Å². The van der Waals surface area contributed by atoms with Gasteiger partial charge in [0.25, 0.3) is 0 Å². The Labute approximate surface area is 176 Å². The molecule has 0 fully saturated rings. The van der Waals surface area contributed by atoms with Gasteiger partial charge in [0.2, 0.25) is 0 Å². The van der Waals surface area contributed by atoms with Crippen molar-refractivity contribution >= 4 is 41.3 Å². The molecule has 0 aliphatic carbocycles. The van der Waals surface area contributed by atoms with Gasteiger partial charge in [-0.3, -0.25) is 0 Å². The first-order chi connectivity index (χ1) is 12.1. The van der Waals surface area contributed by atoms with E-state index in [1.54, 1.807) is 18.2 Å². The van der Waals surface area contributed by atoms with Crippen molar-refractivity contribution in [1.82, 2.24) is 4.98 Å². The van der Waals surface area contributed by atoms with Gasteiger partial charge in [-0.2, -0.15) is 0 Å². The number of pyridine rings is 1. The van der Waals surface area contributed by atoms with Crippen LogP contribution >= 0.6 is 15.9 Å². The van der Waals surface area contributed by atoms with Crippen LogP contribution in [0.4, 0.5) is 4.39 Å². The lowest BCUT2D eigenvalue weighted by Gasteiger charge is -2.36. The normalized spacial score (nSPS) is 16.3. The molecule has 8 heteroatoms. The smallest absolute Gasteiger partial charge is 0.191 e. The third kappa shape index (κ3) is 7.57. The molecule has 0 aromatic carbocycles. The predicted octanol–water partition coefficient (Wildman–Crippen LogP) is 5.85. The number of hydrogen-bond acceptors (Lipinski definition) is 4. The SMILES string of the molecule is CC(C)(C)[S@@+]([O-])/N=C(\c1cccc(Br)n1)C(F)CCO[Si](C)(C)C(C)(C)C. The number of halogens is 2. The summed E-state index contributed by atoms with van der Waals surface area (Å²) in [7, 11) is -1.95. The summed E-state index contributed by atoms with van der Waals surface area (Å²) in [6.45, 7) is 16.5. The first-order valence-corrected chi connectivity index (χ1v) is 13.9. The average Bonchev–Trinajstić information content (AvgIpc) is 2.49. The molecule has 0 N–H and O–H groups in total. The van der Waals surface area contributed by atoms with Crippen LogP contribution in [0.25, 0.3) is 0 Å². The summed E-state index contributed by atoms with van der Waals surface area (Å²) in [4.78, 5) is 4.31. The molecule has 0 amide bonds. The fourth-order valence-electron chi connectivity index (χ4n) is 1.81. The number of alkyl halides is 1. The number of nitrogens with zero attached hydrogens (tertiary/aromatic N) is 2. The van der Waals surface area contributed by atoms with Gasteiger partial charge in [-0.1, -0.05) is 31.2 Å². The molecule has 0 bridgehead atoms. The molecule has 4 nitrogen and oxygen atoms in total. The number of aromatic nitrogens is 1. The predicted molar refractivity (Wildman–Crippen MR) is 119 cm³/mol. The van der Waals surface area contributed by atoms with Crippen LogP contribution in [0, 0.1) is 0 Å². The summed E-state index contributed by atoms with van der Waals surface area (Å²) >= 11 is 1.73. The Morgan fingerprint density at radius 1 is 1.30 bits per heavy atom. The summed E-state index contributed by atoms with van der Waals surface area (Å²) in [5, 5.41) is 0.0648. The van der Waals surface area contributed by atoms with Crippen LogP contribution in [0.5, 0.6) is 0 Å². The maximum atomic E-state index is 15.1. The van der Waals surface area contributed by atoms with Crippen molar-refractivity contribution in [3.05, 3.63) is 28.5 Å². The van der Waals surface area contributed by atoms with Crippen LogP contribution < -0.4 is 0 Å². The summed E-state index contributed by atoms with van der Waals surface area (Å²) in [5.41, 5.74) is 0.505. The van der Waals surface area contributed by atoms with E-state index in [-0.39, 0.29) is 17.2 Å². The Balaban J connectivity index is 3.01. The molecule has 0 radical (unpaired) electrons. The van der Waals surface area contributed by atoms with Gasteiger partial charge in [0.05, 0.1) is 5.69 Å². The maximum Gasteiger partial charge on any atom is 0.191 e. The highest BCUT2D eigenvalue weighted by atomic mass is 79.9. The molecule has 1 heterocycles. The molecule has 2 atom stereocenters. The van der Waals surface area contributed by atoms with Gasteiger partial charge < -0.3 is 8.98 Å². The zero-order valence-corrected chi connectivity index (χ0v) is 21.0. The van der Waals surface area contributed by atoms with Gasteiger partial charge in [0, 0.05) is 13.0 Å². The monoisotopic (exact) mass is 478 g/mol. The van der Waals surface area contributed by atoms with E-state index in [4.69, 9.17) is 4.43 Å². The number of hydrogen-bond donors (Lipinski definition) is 0. The zero-order valence-electron chi connectivity index (χ0n) is 17.6. The van der Waals surface area contributed by atoms with Crippen molar-refractivity contribution < 1.29 is 13.4 Å². The average molecular weight is 480 g/mol. The molecule has 0 aliphatic heterocycles. The molecule has 1 aromatic heterocycles. The Bertz CT molecular complexity index is 660. The summed E-state index contributed by atoms with van der Waals surface area (Å²) in [6.07, 6.45) is -1.25. The fraction of sp³-hybridized carbons (Fsp3) is 0.684. The first kappa shape index (κ1) is 24.8. The van der Waals surface area contributed by atoms with Crippen molar-refractivity contribution in [2.75, 3.05) is 6.61 Å². The van der Waals surface area contributed by atoms with Gasteiger partial charge >= 0.3 is 0 Å². The van der Waals surface area contributed by atoms with E-state index in [0.29, 0.717) is 16.9 Å². The van der Waals surface area contributed by atoms with Gasteiger partial charge in [0.1, 0.15) is 20.7 Å². The van der Waals surface area contributed by atoms with Crippen LogP contribution in [0.15, 0.2) is 27.2 Å². The second-order valence-corrected chi connectivity index (χ2v) is 16.6. The minimum Gasteiger partial charge on any atom is -0.591 e. The van der Waals surface area contributed by atoms with Crippen molar-refractivity contribution in [3.8, 4) is 0 Å². The fourth-order valence-corrected chi connectivity index (χ4v) is 3.88. The van der Waals surface area contributed by atoms with Gasteiger partial charge in [0.15, 0.2) is 20.2 Å². The maximum absolute atomic E-state index is 15.1. The lowest BCUT2D eigenvalue weighted by atomic mass is 10.1. The lowest BCUT2D eigenvalue weighted by Crippen LogP contribution is -2.41. The molecule has 0 saturated carbocycles. The topological polar surface area (TPSA) is 57.5 Å². The molecule has 1 unspecified atom stereocenters. The van der Waals surface area contributed by atoms with Gasteiger partial charge in [-0.05, 0) is 67.0 Å². The van der Waals surface area contributed by atoms with Gasteiger partial charge in [-0.15, -0.1) is 0 Å². The number of rotatable bonds is 7. The van der Waals surface area contributed by atoms with Crippen molar-refractivity contribution in [2.24, 2.45) is 4.40 Å². The molecule has 27 heavy (non-hydrogen) atoms. The zero-order chi connectivity index (χ0) is 21.0. The molecule has 0 saturated heterocycles. The summed E-state index contributed by atoms with van der Waals surface area (Å²) < 4.78 is 37.9. The van der Waals surface area contributed by atoms with E-state index in [0.717, 1.165) is 0 Å². The van der Waals surface area contributed by atoms with E-state index < -0.39 is 30.6 Å². The van der Waals surface area contributed by atoms with E-state index in [1.807, 2.05) is 20.8 Å². The first-order valence-electron chi connectivity index (χ1n) is 9.07.